The van der Waals surface area contributed by atoms with Gasteiger partial charge >= 0.3 is 0 Å². The molecule has 0 bridgehead atoms. The van der Waals surface area contributed by atoms with Crippen LogP contribution in [-0.2, 0) is 0 Å². The van der Waals surface area contributed by atoms with E-state index in [1.54, 1.807) is 20.0 Å². The van der Waals surface area contributed by atoms with Gasteiger partial charge in [-0.2, -0.15) is 0 Å². The van der Waals surface area contributed by atoms with E-state index in [2.05, 4.69) is 26.2 Å². The molecule has 3 aromatic rings. The monoisotopic (exact) mass is 459 g/mol. The highest BCUT2D eigenvalue weighted by atomic mass is 79.9. The lowest BCUT2D eigenvalue weighted by molar-refractivity contribution is 0.624. The fourth-order valence-electron chi connectivity index (χ4n) is 3.96. The summed E-state index contributed by atoms with van der Waals surface area (Å²) in [5, 5.41) is 20.6. The minimum absolute atomic E-state index is 0.151. The van der Waals surface area contributed by atoms with Crippen molar-refractivity contribution in [1.82, 2.24) is 4.98 Å². The first-order chi connectivity index (χ1) is 13.5. The van der Waals surface area contributed by atoms with E-state index in [9.17, 15) is 4.39 Å². The predicted molar refractivity (Wildman–Crippen MR) is 117 cm³/mol. The van der Waals surface area contributed by atoms with Crippen LogP contribution in [0.4, 0.5) is 20.2 Å². The Kier molecular flexibility index (Phi) is 4.31. The van der Waals surface area contributed by atoms with Gasteiger partial charge in [0.2, 0.25) is 0 Å². The maximum Gasteiger partial charge on any atom is 0.133 e. The van der Waals surface area contributed by atoms with Crippen molar-refractivity contribution in [2.45, 2.75) is 33.2 Å². The molecule has 29 heavy (non-hydrogen) atoms. The Hall–Kier alpha value is -2.74. The lowest BCUT2D eigenvalue weighted by atomic mass is 9.90. The average Bonchev–Trinajstić information content (AvgIpc) is 2.97. The van der Waals surface area contributed by atoms with Gasteiger partial charge in [0.1, 0.15) is 23.3 Å². The Bertz CT molecular complexity index is 1210. The summed E-state index contributed by atoms with van der Waals surface area (Å²) in [6.07, 6.45) is 1.69. The van der Waals surface area contributed by atoms with Gasteiger partial charge in [-0.3, -0.25) is 15.7 Å². The maximum atomic E-state index is 15.4. The molecule has 2 heterocycles. The second kappa shape index (κ2) is 6.38. The van der Waals surface area contributed by atoms with Gasteiger partial charge in [0.05, 0.1) is 22.4 Å². The van der Waals surface area contributed by atoms with Gasteiger partial charge in [-0.25, -0.2) is 8.78 Å². The average molecular weight is 460 g/mol. The highest BCUT2D eigenvalue weighted by Gasteiger charge is 2.38. The third kappa shape index (κ3) is 2.85. The van der Waals surface area contributed by atoms with E-state index in [0.29, 0.717) is 37.9 Å². The number of aromatic amines is 1. The van der Waals surface area contributed by atoms with Crippen molar-refractivity contribution < 1.29 is 8.78 Å². The molecule has 0 saturated carbocycles. The van der Waals surface area contributed by atoms with Gasteiger partial charge in [-0.15, -0.1) is 0 Å². The first-order valence-electron chi connectivity index (χ1n) is 9.05. The molecule has 1 aliphatic rings. The summed E-state index contributed by atoms with van der Waals surface area (Å²) in [6.45, 7) is 6.93. The van der Waals surface area contributed by atoms with Crippen LogP contribution in [0.5, 0.6) is 0 Å². The Morgan fingerprint density at radius 2 is 1.90 bits per heavy atom. The van der Waals surface area contributed by atoms with Crippen molar-refractivity contribution in [2.24, 2.45) is 0 Å². The lowest BCUT2D eigenvalue weighted by Crippen LogP contribution is -2.55. The molecular weight excluding hydrogens is 440 g/mol. The molecule has 0 atom stereocenters. The van der Waals surface area contributed by atoms with Gasteiger partial charge in [0.15, 0.2) is 0 Å². The largest absolute Gasteiger partial charge is 0.371 e. The van der Waals surface area contributed by atoms with Gasteiger partial charge in [-0.05, 0) is 67.4 Å². The number of anilines is 2. The summed E-state index contributed by atoms with van der Waals surface area (Å²) < 4.78 is 30.4. The normalized spacial score (nSPS) is 15.4. The number of hydrogen-bond acceptors (Lipinski definition) is 3. The Morgan fingerprint density at radius 3 is 2.55 bits per heavy atom. The van der Waals surface area contributed by atoms with Crippen molar-refractivity contribution in [2.75, 3.05) is 10.2 Å². The molecule has 0 amide bonds. The van der Waals surface area contributed by atoms with Gasteiger partial charge in [-0.1, -0.05) is 0 Å². The molecule has 0 unspecified atom stereocenters. The van der Waals surface area contributed by atoms with Crippen LogP contribution in [0.2, 0.25) is 0 Å². The molecule has 2 aromatic carbocycles. The molecule has 1 aliphatic heterocycles. The molecular formula is C21H20BrF2N5. The van der Waals surface area contributed by atoms with E-state index >= 15 is 4.39 Å². The number of rotatable bonds is 1. The summed E-state index contributed by atoms with van der Waals surface area (Å²) in [7, 11) is 0. The second-order valence-electron chi connectivity index (χ2n) is 7.79. The fraction of sp³-hybridized carbons (Fsp3) is 0.238. The molecule has 4 N–H and O–H groups in total. The zero-order valence-corrected chi connectivity index (χ0v) is 18.0. The maximum absolute atomic E-state index is 15.4. The molecule has 5 nitrogen and oxygen atoms in total. The highest BCUT2D eigenvalue weighted by Crippen LogP contribution is 2.45. The molecule has 8 heteroatoms. The third-order valence-electron chi connectivity index (χ3n) is 5.29. The van der Waals surface area contributed by atoms with Crippen LogP contribution < -0.4 is 10.2 Å². The SMILES string of the molecule is CC(=N)N1C(=N)C(C)(C)Nc2cc(F)c(-c3cc(F)cc4c(Br)c[nH]c34)c(C)c21. The number of hydrogen-bond donors (Lipinski definition) is 4. The lowest BCUT2D eigenvalue weighted by Gasteiger charge is -2.43. The quantitative estimate of drug-likeness (QED) is 0.259. The standard InChI is InChI=1S/C21H20BrF2N5/c1-9-17(13-6-11(23)5-12-14(22)8-27-18(12)13)15(24)7-16-19(9)29(10(2)25)20(26)21(3,4)28-16/h5-8,25-28H,1-4H3. The van der Waals surface area contributed by atoms with Crippen LogP contribution in [0.1, 0.15) is 26.3 Å². The van der Waals surface area contributed by atoms with Crippen LogP contribution in [0.3, 0.4) is 0 Å². The Labute approximate surface area is 175 Å². The number of benzene rings is 2. The molecule has 0 radical (unpaired) electrons. The van der Waals surface area contributed by atoms with Crippen molar-refractivity contribution in [3.63, 3.8) is 0 Å². The van der Waals surface area contributed by atoms with Gasteiger partial charge in [0, 0.05) is 27.2 Å². The summed E-state index contributed by atoms with van der Waals surface area (Å²) in [5.74, 6) is -0.641. The van der Waals surface area contributed by atoms with Gasteiger partial charge in [0.25, 0.3) is 0 Å². The summed E-state index contributed by atoms with van der Waals surface area (Å²) in [4.78, 5) is 4.58. The third-order valence-corrected chi connectivity index (χ3v) is 5.95. The van der Waals surface area contributed by atoms with Crippen molar-refractivity contribution in [3.05, 3.63) is 46.1 Å². The van der Waals surface area contributed by atoms with Crippen LogP contribution in [-0.4, -0.2) is 22.2 Å². The summed E-state index contributed by atoms with van der Waals surface area (Å²) in [6, 6.07) is 4.05. The number of nitrogens with one attached hydrogen (secondary N) is 4. The summed E-state index contributed by atoms with van der Waals surface area (Å²) in [5.41, 5.74) is 2.02. The molecule has 0 aliphatic carbocycles. The first kappa shape index (κ1) is 19.6. The van der Waals surface area contributed by atoms with E-state index in [1.165, 1.54) is 23.1 Å². The minimum Gasteiger partial charge on any atom is -0.371 e. The highest BCUT2D eigenvalue weighted by molar-refractivity contribution is 9.10. The fourth-order valence-corrected chi connectivity index (χ4v) is 4.39. The number of halogens is 3. The second-order valence-corrected chi connectivity index (χ2v) is 8.64. The molecule has 0 saturated heterocycles. The number of nitrogens with zero attached hydrogens (tertiary/aromatic N) is 1. The minimum atomic E-state index is -0.772. The number of H-pyrrole nitrogens is 1. The topological polar surface area (TPSA) is 78.8 Å². The zero-order chi connectivity index (χ0) is 21.2. The molecule has 0 fully saturated rings. The predicted octanol–water partition coefficient (Wildman–Crippen LogP) is 6.17. The van der Waals surface area contributed by atoms with Crippen LogP contribution in [0.25, 0.3) is 22.0 Å². The Balaban J connectivity index is 2.07. The van der Waals surface area contributed by atoms with E-state index in [-0.39, 0.29) is 17.2 Å². The molecule has 4 rings (SSSR count). The smallest absolute Gasteiger partial charge is 0.133 e. The van der Waals surface area contributed by atoms with Crippen LogP contribution >= 0.6 is 15.9 Å². The van der Waals surface area contributed by atoms with Crippen LogP contribution in [0, 0.1) is 29.4 Å². The van der Waals surface area contributed by atoms with E-state index in [4.69, 9.17) is 10.8 Å². The van der Waals surface area contributed by atoms with Crippen LogP contribution in [0.15, 0.2) is 28.9 Å². The van der Waals surface area contributed by atoms with E-state index < -0.39 is 17.2 Å². The zero-order valence-electron chi connectivity index (χ0n) is 16.4. The van der Waals surface area contributed by atoms with Gasteiger partial charge < -0.3 is 10.3 Å². The molecule has 150 valence electrons. The van der Waals surface area contributed by atoms with Crippen molar-refractivity contribution >= 4 is 49.9 Å². The Morgan fingerprint density at radius 1 is 1.21 bits per heavy atom. The number of amidine groups is 2. The van der Waals surface area contributed by atoms with Crippen molar-refractivity contribution in [3.8, 4) is 11.1 Å². The van der Waals surface area contributed by atoms with E-state index in [1.807, 2.05) is 13.8 Å². The number of aromatic nitrogens is 1. The summed E-state index contributed by atoms with van der Waals surface area (Å²) >= 11 is 3.39. The van der Waals surface area contributed by atoms with E-state index in [0.717, 1.165) is 0 Å². The number of fused-ring (bicyclic) bond motifs is 2. The van der Waals surface area contributed by atoms with Crippen molar-refractivity contribution in [1.29, 1.82) is 10.8 Å². The molecule has 0 spiro atoms. The molecule has 1 aromatic heterocycles. The first-order valence-corrected chi connectivity index (χ1v) is 9.84.